The van der Waals surface area contributed by atoms with Crippen molar-refractivity contribution in [2.24, 2.45) is 0 Å². The largest absolute Gasteiger partial charge is 0.496 e. The Morgan fingerprint density at radius 3 is 2.65 bits per heavy atom. The van der Waals surface area contributed by atoms with E-state index >= 15 is 0 Å². The number of hydrogen-bond acceptors (Lipinski definition) is 4. The van der Waals surface area contributed by atoms with Crippen molar-refractivity contribution in [1.82, 2.24) is 20.2 Å². The van der Waals surface area contributed by atoms with Gasteiger partial charge < -0.3 is 19.9 Å². The van der Waals surface area contributed by atoms with Crippen LogP contribution in [0.4, 0.5) is 0 Å². The van der Waals surface area contributed by atoms with Gasteiger partial charge in [0.1, 0.15) is 11.4 Å². The first-order chi connectivity index (χ1) is 15.1. The van der Waals surface area contributed by atoms with E-state index in [9.17, 15) is 9.59 Å². The van der Waals surface area contributed by atoms with E-state index < -0.39 is 5.91 Å². The molecule has 2 amide bonds. The van der Waals surface area contributed by atoms with Gasteiger partial charge in [0.05, 0.1) is 19.0 Å². The van der Waals surface area contributed by atoms with Gasteiger partial charge in [-0.05, 0) is 42.3 Å². The molecule has 0 spiro atoms. The van der Waals surface area contributed by atoms with Gasteiger partial charge in [-0.2, -0.15) is 0 Å². The zero-order valence-corrected chi connectivity index (χ0v) is 18.6. The van der Waals surface area contributed by atoms with Gasteiger partial charge in [0, 0.05) is 30.0 Å². The summed E-state index contributed by atoms with van der Waals surface area (Å²) in [6, 6.07) is 14.3. The summed E-state index contributed by atoms with van der Waals surface area (Å²) in [7, 11) is 1.50. The van der Waals surface area contributed by atoms with Crippen molar-refractivity contribution in [3.8, 4) is 5.75 Å². The molecule has 2 N–H and O–H groups in total. The predicted octanol–water partition coefficient (Wildman–Crippen LogP) is 3.63. The number of amides is 2. The lowest BCUT2D eigenvalue weighted by Crippen LogP contribution is -2.35. The number of rotatable bonds is 9. The fraction of sp³-hybridized carbons (Fsp3) is 0.174. The van der Waals surface area contributed by atoms with Crippen LogP contribution in [0.3, 0.4) is 0 Å². The summed E-state index contributed by atoms with van der Waals surface area (Å²) in [4.78, 5) is 29.7. The highest BCUT2D eigenvalue weighted by molar-refractivity contribution is 9.10. The van der Waals surface area contributed by atoms with Gasteiger partial charge >= 0.3 is 0 Å². The van der Waals surface area contributed by atoms with Crippen LogP contribution in [0, 0.1) is 0 Å². The molecule has 0 atom stereocenters. The molecule has 3 aromatic rings. The average Bonchev–Trinajstić information content (AvgIpc) is 3.31. The quantitative estimate of drug-likeness (QED) is 0.360. The molecular weight excluding hydrogens is 460 g/mol. The zero-order chi connectivity index (χ0) is 22.1. The molecule has 1 heterocycles. The second kappa shape index (κ2) is 11.1. The highest BCUT2D eigenvalue weighted by Crippen LogP contribution is 2.18. The number of nitrogens with one attached hydrogen (secondary N) is 2. The van der Waals surface area contributed by atoms with Gasteiger partial charge in [0.2, 0.25) is 0 Å². The Morgan fingerprint density at radius 1 is 1.16 bits per heavy atom. The van der Waals surface area contributed by atoms with Gasteiger partial charge in [-0.1, -0.05) is 40.2 Å². The number of carbonyl (C=O) groups is 2. The van der Waals surface area contributed by atoms with Gasteiger partial charge in [-0.25, -0.2) is 4.98 Å². The molecule has 0 saturated heterocycles. The smallest absolute Gasteiger partial charge is 0.267 e. The van der Waals surface area contributed by atoms with Gasteiger partial charge in [0.15, 0.2) is 0 Å². The minimum Gasteiger partial charge on any atom is -0.496 e. The lowest BCUT2D eigenvalue weighted by Gasteiger charge is -2.13. The topological polar surface area (TPSA) is 85.2 Å². The maximum absolute atomic E-state index is 12.8. The monoisotopic (exact) mass is 482 g/mol. The first kappa shape index (κ1) is 22.3. The summed E-state index contributed by atoms with van der Waals surface area (Å²) < 4.78 is 8.12. The Bertz CT molecular complexity index is 1050. The molecule has 3 rings (SSSR count). The van der Waals surface area contributed by atoms with E-state index in [1.54, 1.807) is 42.9 Å². The number of benzene rings is 2. The molecule has 7 nitrogen and oxygen atoms in total. The van der Waals surface area contributed by atoms with Crippen molar-refractivity contribution in [1.29, 1.82) is 0 Å². The minimum atomic E-state index is -0.422. The molecule has 0 aliphatic heterocycles. The second-order valence-electron chi connectivity index (χ2n) is 6.67. The molecule has 0 saturated carbocycles. The fourth-order valence-corrected chi connectivity index (χ4v) is 3.15. The molecular formula is C23H23BrN4O3. The predicted molar refractivity (Wildman–Crippen MR) is 122 cm³/mol. The maximum Gasteiger partial charge on any atom is 0.267 e. The van der Waals surface area contributed by atoms with Gasteiger partial charge in [-0.15, -0.1) is 0 Å². The Morgan fingerprint density at radius 2 is 1.94 bits per heavy atom. The van der Waals surface area contributed by atoms with Crippen LogP contribution in [-0.2, 0) is 11.3 Å². The number of methoxy groups -OCH3 is 1. The van der Waals surface area contributed by atoms with Crippen LogP contribution < -0.4 is 15.4 Å². The maximum atomic E-state index is 12.8. The summed E-state index contributed by atoms with van der Waals surface area (Å²) in [6.07, 6.45) is 7.69. The molecule has 8 heteroatoms. The number of imidazole rings is 1. The fourth-order valence-electron chi connectivity index (χ4n) is 2.88. The molecule has 0 unspecified atom stereocenters. The number of halogens is 1. The Balaban J connectivity index is 1.73. The van der Waals surface area contributed by atoms with E-state index in [0.29, 0.717) is 17.9 Å². The van der Waals surface area contributed by atoms with Crippen LogP contribution in [-0.4, -0.2) is 35.0 Å². The lowest BCUT2D eigenvalue weighted by atomic mass is 10.1. The van der Waals surface area contributed by atoms with Crippen molar-refractivity contribution in [3.63, 3.8) is 0 Å². The van der Waals surface area contributed by atoms with Crippen LogP contribution in [0.15, 0.2) is 77.4 Å². The first-order valence-electron chi connectivity index (χ1n) is 9.72. The van der Waals surface area contributed by atoms with Crippen molar-refractivity contribution < 1.29 is 14.3 Å². The van der Waals surface area contributed by atoms with E-state index in [1.165, 1.54) is 7.11 Å². The molecule has 0 bridgehead atoms. The van der Waals surface area contributed by atoms with Gasteiger partial charge in [0.25, 0.3) is 11.8 Å². The zero-order valence-electron chi connectivity index (χ0n) is 17.0. The molecule has 2 aromatic carbocycles. The van der Waals surface area contributed by atoms with E-state index in [0.717, 1.165) is 23.0 Å². The van der Waals surface area contributed by atoms with Gasteiger partial charge in [-0.3, -0.25) is 9.59 Å². The van der Waals surface area contributed by atoms with Crippen LogP contribution in [0.1, 0.15) is 22.3 Å². The van der Waals surface area contributed by atoms with Crippen LogP contribution in [0.25, 0.3) is 6.08 Å². The van der Waals surface area contributed by atoms with E-state index in [2.05, 4.69) is 31.5 Å². The van der Waals surface area contributed by atoms with Crippen molar-refractivity contribution in [3.05, 3.63) is 88.5 Å². The molecule has 1 aromatic heterocycles. The number of ether oxygens (including phenoxy) is 1. The minimum absolute atomic E-state index is 0.154. The Labute approximate surface area is 189 Å². The number of aryl methyl sites for hydroxylation is 1. The summed E-state index contributed by atoms with van der Waals surface area (Å²) in [5, 5.41) is 5.59. The van der Waals surface area contributed by atoms with E-state index in [4.69, 9.17) is 4.74 Å². The van der Waals surface area contributed by atoms with Crippen LogP contribution in [0.2, 0.25) is 0 Å². The standard InChI is InChI=1S/C23H23BrN4O3/c1-31-21-6-3-2-5-19(21)22(29)27-20(15-17-7-9-18(24)10-8-17)23(30)26-11-4-13-28-14-12-25-16-28/h2-3,5-10,12,14-16H,4,11,13H2,1H3,(H,26,30)(H,27,29)/b20-15+. The summed E-state index contributed by atoms with van der Waals surface area (Å²) >= 11 is 3.40. The molecule has 0 radical (unpaired) electrons. The normalized spacial score (nSPS) is 11.1. The van der Waals surface area contributed by atoms with E-state index in [-0.39, 0.29) is 11.6 Å². The first-order valence-corrected chi connectivity index (χ1v) is 10.5. The number of carbonyl (C=O) groups excluding carboxylic acids is 2. The number of para-hydroxylation sites is 1. The van der Waals surface area contributed by atoms with Crippen LogP contribution in [0.5, 0.6) is 5.75 Å². The average molecular weight is 483 g/mol. The van der Waals surface area contributed by atoms with Crippen molar-refractivity contribution >= 4 is 33.8 Å². The summed E-state index contributed by atoms with van der Waals surface area (Å²) in [5.74, 6) is -0.352. The third-order valence-electron chi connectivity index (χ3n) is 4.46. The SMILES string of the molecule is COc1ccccc1C(=O)N/C(=C/c1ccc(Br)cc1)C(=O)NCCCn1ccnc1. The summed E-state index contributed by atoms with van der Waals surface area (Å²) in [5.41, 5.74) is 1.28. The third kappa shape index (κ3) is 6.55. The highest BCUT2D eigenvalue weighted by Gasteiger charge is 2.17. The molecule has 0 aliphatic rings. The summed E-state index contributed by atoms with van der Waals surface area (Å²) in [6.45, 7) is 1.19. The second-order valence-corrected chi connectivity index (χ2v) is 7.59. The lowest BCUT2D eigenvalue weighted by molar-refractivity contribution is -0.117. The number of hydrogen-bond donors (Lipinski definition) is 2. The van der Waals surface area contributed by atoms with Crippen molar-refractivity contribution in [2.75, 3.05) is 13.7 Å². The molecule has 160 valence electrons. The van der Waals surface area contributed by atoms with Crippen LogP contribution >= 0.6 is 15.9 Å². The molecule has 31 heavy (non-hydrogen) atoms. The van der Waals surface area contributed by atoms with Crippen molar-refractivity contribution in [2.45, 2.75) is 13.0 Å². The number of aromatic nitrogens is 2. The number of nitrogens with zero attached hydrogens (tertiary/aromatic N) is 2. The highest BCUT2D eigenvalue weighted by atomic mass is 79.9. The molecule has 0 fully saturated rings. The Hall–Kier alpha value is -3.39. The third-order valence-corrected chi connectivity index (χ3v) is 4.99. The molecule has 0 aliphatic carbocycles. The van der Waals surface area contributed by atoms with E-state index in [1.807, 2.05) is 35.0 Å². The Kier molecular flexibility index (Phi) is 8.00.